The van der Waals surface area contributed by atoms with Crippen molar-refractivity contribution in [1.82, 2.24) is 19.5 Å². The average Bonchev–Trinajstić information content (AvgIpc) is 3.34. The highest BCUT2D eigenvalue weighted by Crippen LogP contribution is 2.47. The third-order valence-corrected chi connectivity index (χ3v) is 7.10. The summed E-state index contributed by atoms with van der Waals surface area (Å²) < 4.78 is 1.72. The van der Waals surface area contributed by atoms with Crippen LogP contribution in [0.2, 0.25) is 0 Å². The van der Waals surface area contributed by atoms with E-state index in [-0.39, 0.29) is 17.9 Å². The molecule has 4 heterocycles. The van der Waals surface area contributed by atoms with Crippen molar-refractivity contribution in [2.45, 2.75) is 39.2 Å². The molecule has 9 heteroatoms. The van der Waals surface area contributed by atoms with E-state index in [9.17, 15) is 14.9 Å². The summed E-state index contributed by atoms with van der Waals surface area (Å²) in [5.41, 5.74) is 9.29. The van der Waals surface area contributed by atoms with Gasteiger partial charge >= 0.3 is 0 Å². The lowest BCUT2D eigenvalue weighted by molar-refractivity contribution is -0.134. The van der Waals surface area contributed by atoms with E-state index in [1.165, 1.54) is 6.20 Å². The molecule has 2 amide bonds. The Balaban J connectivity index is 1.50. The number of nitrogens with one attached hydrogen (secondary N) is 1. The van der Waals surface area contributed by atoms with Crippen molar-refractivity contribution in [3.05, 3.63) is 48.0 Å². The lowest BCUT2D eigenvalue weighted by Crippen LogP contribution is -2.36. The van der Waals surface area contributed by atoms with E-state index in [2.05, 4.69) is 28.4 Å². The number of carbonyl (C=O) groups excluding carboxylic acids is 2. The van der Waals surface area contributed by atoms with Crippen LogP contribution in [0.1, 0.15) is 42.2 Å². The van der Waals surface area contributed by atoms with Gasteiger partial charge in [-0.3, -0.25) is 14.6 Å². The highest BCUT2D eigenvalue weighted by Gasteiger charge is 2.54. The Kier molecular flexibility index (Phi) is 5.24. The van der Waals surface area contributed by atoms with Gasteiger partial charge in [0.1, 0.15) is 5.41 Å². The molecule has 174 valence electrons. The fourth-order valence-corrected chi connectivity index (χ4v) is 4.79. The number of nitriles is 1. The second kappa shape index (κ2) is 8.13. The van der Waals surface area contributed by atoms with Gasteiger partial charge in [-0.05, 0) is 44.2 Å². The van der Waals surface area contributed by atoms with Crippen LogP contribution in [0.15, 0.2) is 36.8 Å². The molecule has 9 nitrogen and oxygen atoms in total. The summed E-state index contributed by atoms with van der Waals surface area (Å²) in [6, 6.07) is 8.03. The van der Waals surface area contributed by atoms with E-state index >= 15 is 0 Å². The van der Waals surface area contributed by atoms with E-state index in [0.717, 1.165) is 28.8 Å². The average molecular weight is 458 g/mol. The maximum absolute atomic E-state index is 13.0. The number of carbonyl (C=O) groups is 2. The van der Waals surface area contributed by atoms with Gasteiger partial charge < -0.3 is 16.0 Å². The molecule has 1 aliphatic carbocycles. The zero-order valence-electron chi connectivity index (χ0n) is 19.3. The molecule has 2 fully saturated rings. The molecule has 3 N–H and O–H groups in total. The van der Waals surface area contributed by atoms with Crippen molar-refractivity contribution >= 4 is 23.0 Å². The zero-order chi connectivity index (χ0) is 24.0. The Morgan fingerprint density at radius 3 is 2.68 bits per heavy atom. The molecule has 3 aromatic heterocycles. The Morgan fingerprint density at radius 1 is 1.26 bits per heavy atom. The first-order valence-electron chi connectivity index (χ1n) is 11.6. The summed E-state index contributed by atoms with van der Waals surface area (Å²) in [6.07, 6.45) is 7.29. The van der Waals surface area contributed by atoms with Crippen LogP contribution in [0.25, 0.3) is 16.6 Å². The molecule has 0 spiro atoms. The van der Waals surface area contributed by atoms with Gasteiger partial charge in [0.05, 0.1) is 29.0 Å². The molecule has 0 bridgehead atoms. The standard InChI is InChI=1S/C25H27N7O2/c1-3-16-11-31(24(34)25(14-26)6-7-25)13-20(16)30-22-19(23(27)33)10-29-32-12-18(8-21(22)32)17-5-4-15(2)28-9-17/h4-5,8-10,12,16,20,30H,3,6-7,11,13H2,1-2H3,(H2,27,33)/t16-,20+/m0/s1. The van der Waals surface area contributed by atoms with Crippen molar-refractivity contribution in [2.75, 3.05) is 18.4 Å². The van der Waals surface area contributed by atoms with Gasteiger partial charge in [-0.2, -0.15) is 10.4 Å². The maximum atomic E-state index is 13.0. The molecular weight excluding hydrogens is 430 g/mol. The van der Waals surface area contributed by atoms with Crippen molar-refractivity contribution in [2.24, 2.45) is 17.1 Å². The van der Waals surface area contributed by atoms with Gasteiger partial charge in [-0.1, -0.05) is 13.0 Å². The van der Waals surface area contributed by atoms with Crippen LogP contribution < -0.4 is 11.1 Å². The van der Waals surface area contributed by atoms with E-state index in [1.54, 1.807) is 9.42 Å². The van der Waals surface area contributed by atoms with Crippen molar-refractivity contribution < 1.29 is 9.59 Å². The maximum Gasteiger partial charge on any atom is 0.252 e. The molecule has 1 aliphatic heterocycles. The van der Waals surface area contributed by atoms with E-state index in [1.807, 2.05) is 37.5 Å². The van der Waals surface area contributed by atoms with Crippen LogP contribution >= 0.6 is 0 Å². The van der Waals surface area contributed by atoms with Crippen molar-refractivity contribution in [3.8, 4) is 17.2 Å². The molecule has 3 aromatic rings. The number of aryl methyl sites for hydroxylation is 1. The summed E-state index contributed by atoms with van der Waals surface area (Å²) in [5, 5.41) is 17.4. The van der Waals surface area contributed by atoms with E-state index < -0.39 is 11.3 Å². The number of nitrogens with two attached hydrogens (primary N) is 1. The molecule has 1 saturated heterocycles. The van der Waals surface area contributed by atoms with E-state index in [4.69, 9.17) is 5.73 Å². The first-order valence-corrected chi connectivity index (χ1v) is 11.6. The van der Waals surface area contributed by atoms with Crippen molar-refractivity contribution in [1.29, 1.82) is 5.26 Å². The summed E-state index contributed by atoms with van der Waals surface area (Å²) in [7, 11) is 0. The van der Waals surface area contributed by atoms with Crippen LogP contribution in [0.4, 0.5) is 5.69 Å². The number of primary amides is 1. The number of amides is 2. The SMILES string of the molecule is CC[C@H]1CN(C(=O)C2(C#N)CC2)C[C@H]1Nc1c(C(N)=O)cnn2cc(-c3ccc(C)nc3)cc12. The first-order chi connectivity index (χ1) is 16.3. The van der Waals surface area contributed by atoms with Crippen LogP contribution in [0, 0.1) is 29.6 Å². The van der Waals surface area contributed by atoms with Gasteiger partial charge in [-0.15, -0.1) is 0 Å². The minimum absolute atomic E-state index is 0.0767. The molecule has 0 radical (unpaired) electrons. The predicted molar refractivity (Wildman–Crippen MR) is 127 cm³/mol. The topological polar surface area (TPSA) is 129 Å². The number of anilines is 1. The Hall–Kier alpha value is -3.93. The fraction of sp³-hybridized carbons (Fsp3) is 0.400. The van der Waals surface area contributed by atoms with Gasteiger partial charge in [0, 0.05) is 48.3 Å². The Bertz CT molecular complexity index is 1320. The first kappa shape index (κ1) is 21.9. The van der Waals surface area contributed by atoms with Gasteiger partial charge in [0.25, 0.3) is 5.91 Å². The second-order valence-corrected chi connectivity index (χ2v) is 9.37. The predicted octanol–water partition coefficient (Wildman–Crippen LogP) is 2.76. The van der Waals surface area contributed by atoms with E-state index in [0.29, 0.717) is 37.2 Å². The van der Waals surface area contributed by atoms with Crippen molar-refractivity contribution in [3.63, 3.8) is 0 Å². The Morgan fingerprint density at radius 2 is 2.06 bits per heavy atom. The fourth-order valence-electron chi connectivity index (χ4n) is 4.79. The molecule has 0 aromatic carbocycles. The number of likely N-dealkylation sites (tertiary alicyclic amines) is 1. The third-order valence-electron chi connectivity index (χ3n) is 7.10. The number of aromatic nitrogens is 3. The smallest absolute Gasteiger partial charge is 0.252 e. The number of hydrogen-bond donors (Lipinski definition) is 2. The molecule has 5 rings (SSSR count). The summed E-state index contributed by atoms with van der Waals surface area (Å²) >= 11 is 0. The molecular formula is C25H27N7O2. The highest BCUT2D eigenvalue weighted by molar-refractivity contribution is 6.02. The highest BCUT2D eigenvalue weighted by atomic mass is 16.2. The second-order valence-electron chi connectivity index (χ2n) is 9.37. The van der Waals surface area contributed by atoms with Crippen LogP contribution in [-0.4, -0.2) is 50.4 Å². The molecule has 34 heavy (non-hydrogen) atoms. The van der Waals surface area contributed by atoms with Crippen LogP contribution in [0.5, 0.6) is 0 Å². The summed E-state index contributed by atoms with van der Waals surface area (Å²) in [4.78, 5) is 31.4. The summed E-state index contributed by atoms with van der Waals surface area (Å²) in [6.45, 7) is 5.08. The molecule has 0 unspecified atom stereocenters. The Labute approximate surface area is 197 Å². The number of fused-ring (bicyclic) bond motifs is 1. The van der Waals surface area contributed by atoms with Gasteiger partial charge in [0.2, 0.25) is 5.91 Å². The minimum Gasteiger partial charge on any atom is -0.378 e. The molecule has 1 saturated carbocycles. The monoisotopic (exact) mass is 457 g/mol. The molecule has 2 aliphatic rings. The normalized spacial score (nSPS) is 20.8. The summed E-state index contributed by atoms with van der Waals surface area (Å²) in [5.74, 6) is -0.467. The third kappa shape index (κ3) is 3.65. The quantitative estimate of drug-likeness (QED) is 0.585. The number of pyridine rings is 1. The van der Waals surface area contributed by atoms with Gasteiger partial charge in [0.15, 0.2) is 0 Å². The lowest BCUT2D eigenvalue weighted by atomic mass is 10.00. The zero-order valence-corrected chi connectivity index (χ0v) is 19.3. The number of hydrogen-bond acceptors (Lipinski definition) is 6. The lowest BCUT2D eigenvalue weighted by Gasteiger charge is -2.22. The minimum atomic E-state index is -0.839. The molecule has 2 atom stereocenters. The van der Waals surface area contributed by atoms with Crippen LogP contribution in [-0.2, 0) is 4.79 Å². The largest absolute Gasteiger partial charge is 0.378 e. The van der Waals surface area contributed by atoms with Crippen LogP contribution in [0.3, 0.4) is 0 Å². The number of rotatable bonds is 6. The van der Waals surface area contributed by atoms with Gasteiger partial charge in [-0.25, -0.2) is 4.52 Å². The number of nitrogens with zero attached hydrogens (tertiary/aromatic N) is 5.